The Labute approximate surface area is 306 Å². The number of hydrogen-bond donors (Lipinski definition) is 8. The molecule has 8 aliphatic rings. The second kappa shape index (κ2) is 13.0. The highest BCUT2D eigenvalue weighted by molar-refractivity contribution is 5.18. The van der Waals surface area contributed by atoms with E-state index in [1.165, 1.54) is 6.92 Å². The molecule has 4 saturated heterocycles. The zero-order valence-corrected chi connectivity index (χ0v) is 31.5. The van der Waals surface area contributed by atoms with Crippen LogP contribution in [0, 0.1) is 52.3 Å². The smallest absolute Gasteiger partial charge is 0.227 e. The number of rotatable bonds is 3. The van der Waals surface area contributed by atoms with Crippen LogP contribution in [0.2, 0.25) is 0 Å². The molecule has 4 saturated carbocycles. The van der Waals surface area contributed by atoms with Crippen molar-refractivity contribution < 1.29 is 64.5 Å². The largest absolute Gasteiger partial charge is 0.393 e. The maximum absolute atomic E-state index is 11.9. The number of fused-ring (bicyclic) bond motifs is 7. The lowest BCUT2D eigenvalue weighted by Gasteiger charge is -2.64. The molecule has 13 heteroatoms. The number of aliphatic hydroxyl groups is 8. The van der Waals surface area contributed by atoms with Crippen LogP contribution in [0.25, 0.3) is 0 Å². The van der Waals surface area contributed by atoms with Gasteiger partial charge in [-0.1, -0.05) is 27.7 Å². The van der Waals surface area contributed by atoms with Crippen LogP contribution < -0.4 is 0 Å². The fraction of sp³-hybridized carbons (Fsp3) is 1.00. The summed E-state index contributed by atoms with van der Waals surface area (Å²) in [5, 5.41) is 89.2. The van der Waals surface area contributed by atoms with Crippen LogP contribution in [-0.4, -0.2) is 138 Å². The van der Waals surface area contributed by atoms with E-state index in [-0.39, 0.29) is 52.4 Å². The minimum absolute atomic E-state index is 0.00693. The van der Waals surface area contributed by atoms with E-state index in [4.69, 9.17) is 23.7 Å². The molecule has 8 fully saturated rings. The molecule has 8 rings (SSSR count). The van der Waals surface area contributed by atoms with Gasteiger partial charge in [0.1, 0.15) is 48.8 Å². The van der Waals surface area contributed by atoms with E-state index in [0.29, 0.717) is 38.2 Å². The van der Waals surface area contributed by atoms with Gasteiger partial charge in [0, 0.05) is 5.92 Å². The maximum Gasteiger partial charge on any atom is 0.227 e. The third kappa shape index (κ3) is 5.27. The molecule has 0 bridgehead atoms. The number of ether oxygens (including phenoxy) is 5. The summed E-state index contributed by atoms with van der Waals surface area (Å²) in [6.45, 7) is 12.6. The average molecular weight is 741 g/mol. The van der Waals surface area contributed by atoms with E-state index in [9.17, 15) is 40.9 Å². The Kier molecular flexibility index (Phi) is 9.59. The topological polar surface area (TPSA) is 208 Å². The van der Waals surface area contributed by atoms with Crippen LogP contribution in [0.5, 0.6) is 0 Å². The van der Waals surface area contributed by atoms with Gasteiger partial charge in [-0.15, -0.1) is 0 Å². The monoisotopic (exact) mass is 740 g/mol. The lowest BCUT2D eigenvalue weighted by atomic mass is 9.43. The van der Waals surface area contributed by atoms with Crippen LogP contribution in [0.15, 0.2) is 0 Å². The molecule has 0 aromatic carbocycles. The van der Waals surface area contributed by atoms with Gasteiger partial charge in [-0.3, -0.25) is 0 Å². The fourth-order valence-electron chi connectivity index (χ4n) is 13.7. The summed E-state index contributed by atoms with van der Waals surface area (Å²) in [6, 6.07) is 0. The molecule has 0 aromatic rings. The maximum atomic E-state index is 11.9. The van der Waals surface area contributed by atoms with Crippen molar-refractivity contribution in [3.8, 4) is 0 Å². The van der Waals surface area contributed by atoms with Gasteiger partial charge in [-0.2, -0.15) is 0 Å². The summed E-state index contributed by atoms with van der Waals surface area (Å²) < 4.78 is 32.9. The second-order valence-electron chi connectivity index (χ2n) is 19.2. The van der Waals surface area contributed by atoms with Gasteiger partial charge in [-0.25, -0.2) is 0 Å². The van der Waals surface area contributed by atoms with Gasteiger partial charge in [-0.05, 0) is 112 Å². The van der Waals surface area contributed by atoms with Crippen molar-refractivity contribution in [1.29, 1.82) is 0 Å². The Balaban J connectivity index is 1.16. The Bertz CT molecular complexity index is 1340. The molecule has 52 heavy (non-hydrogen) atoms. The zero-order chi connectivity index (χ0) is 37.4. The van der Waals surface area contributed by atoms with E-state index in [0.717, 1.165) is 25.7 Å². The molecule has 4 aliphatic carbocycles. The van der Waals surface area contributed by atoms with Crippen LogP contribution in [0.1, 0.15) is 92.9 Å². The quantitative estimate of drug-likeness (QED) is 0.189. The third-order valence-corrected chi connectivity index (χ3v) is 16.4. The van der Waals surface area contributed by atoms with Crippen LogP contribution in [0.4, 0.5) is 0 Å². The van der Waals surface area contributed by atoms with Gasteiger partial charge < -0.3 is 64.5 Å². The molecule has 24 unspecified atom stereocenters. The SMILES string of the molecule is CC1COC2(OC3CC4C5CC(OC6(C7OC(C)C(O)C(O)C7O)OC(C)C(O)C(O)C6O)C6CC(O)CCC6(C)C5CCC4(C)C3C2C)C(O)C1. The molecule has 4 aliphatic heterocycles. The third-order valence-electron chi connectivity index (χ3n) is 16.4. The van der Waals surface area contributed by atoms with Crippen LogP contribution >= 0.6 is 0 Å². The molecule has 1 spiro atoms. The highest BCUT2D eigenvalue weighted by Gasteiger charge is 2.72. The van der Waals surface area contributed by atoms with Crippen LogP contribution in [0.3, 0.4) is 0 Å². The lowest BCUT2D eigenvalue weighted by molar-refractivity contribution is -0.429. The molecule has 0 amide bonds. The lowest BCUT2D eigenvalue weighted by Crippen LogP contribution is -2.76. The van der Waals surface area contributed by atoms with Crippen LogP contribution in [-0.2, 0) is 23.7 Å². The highest BCUT2D eigenvalue weighted by atomic mass is 16.8. The highest BCUT2D eigenvalue weighted by Crippen LogP contribution is 2.72. The van der Waals surface area contributed by atoms with E-state index < -0.39 is 84.8 Å². The van der Waals surface area contributed by atoms with Gasteiger partial charge in [0.2, 0.25) is 5.79 Å². The summed E-state index contributed by atoms with van der Waals surface area (Å²) in [5.74, 6) is -2.20. The molecule has 13 nitrogen and oxygen atoms in total. The number of hydrogen-bond acceptors (Lipinski definition) is 13. The summed E-state index contributed by atoms with van der Waals surface area (Å²) in [4.78, 5) is 0. The summed E-state index contributed by atoms with van der Waals surface area (Å²) in [5.41, 5.74) is -0.355. The minimum Gasteiger partial charge on any atom is -0.393 e. The first-order valence-electron chi connectivity index (χ1n) is 20.2. The van der Waals surface area contributed by atoms with Gasteiger partial charge in [0.15, 0.2) is 5.79 Å². The second-order valence-corrected chi connectivity index (χ2v) is 19.2. The molecule has 0 aromatic heterocycles. The van der Waals surface area contributed by atoms with Crippen molar-refractivity contribution in [3.05, 3.63) is 0 Å². The van der Waals surface area contributed by atoms with Crippen molar-refractivity contribution in [2.45, 2.75) is 184 Å². The Morgan fingerprint density at radius 3 is 2.06 bits per heavy atom. The first-order chi connectivity index (χ1) is 24.4. The first-order valence-corrected chi connectivity index (χ1v) is 20.2. The van der Waals surface area contributed by atoms with Gasteiger partial charge in [0.25, 0.3) is 0 Å². The molecule has 8 N–H and O–H groups in total. The standard InChI is InChI=1S/C39H64O13/c1-16-11-27(41)38(48-15-16)17(2)28-26(52-38)14-23-21-13-25(24-12-20(40)7-9-36(24,5)22(21)8-10-37(23,28)6)51-39(34(47)32(45)30(43)19(4)50-39)35-33(46)31(44)29(42)18(3)49-35/h16-35,40-47H,7-15H2,1-6H3. The van der Waals surface area contributed by atoms with Crippen molar-refractivity contribution in [2.24, 2.45) is 52.3 Å². The van der Waals surface area contributed by atoms with Crippen molar-refractivity contribution in [2.75, 3.05) is 6.61 Å². The Morgan fingerprint density at radius 2 is 1.35 bits per heavy atom. The zero-order valence-electron chi connectivity index (χ0n) is 31.5. The molecular formula is C39H64O13. The minimum atomic E-state index is -2.23. The molecule has 4 heterocycles. The predicted octanol–water partition coefficient (Wildman–Crippen LogP) is 0.827. The molecular weight excluding hydrogens is 676 g/mol. The molecule has 24 atom stereocenters. The van der Waals surface area contributed by atoms with E-state index >= 15 is 0 Å². The predicted molar refractivity (Wildman–Crippen MR) is 183 cm³/mol. The Morgan fingerprint density at radius 1 is 0.654 bits per heavy atom. The van der Waals surface area contributed by atoms with E-state index in [1.54, 1.807) is 6.92 Å². The van der Waals surface area contributed by atoms with Gasteiger partial charge >= 0.3 is 0 Å². The van der Waals surface area contributed by atoms with E-state index in [2.05, 4.69) is 27.7 Å². The fourth-order valence-corrected chi connectivity index (χ4v) is 13.7. The van der Waals surface area contributed by atoms with Crippen molar-refractivity contribution >= 4 is 0 Å². The molecule has 298 valence electrons. The van der Waals surface area contributed by atoms with Crippen molar-refractivity contribution in [3.63, 3.8) is 0 Å². The number of aliphatic hydroxyl groups excluding tert-OH is 8. The summed E-state index contributed by atoms with van der Waals surface area (Å²) in [7, 11) is 0. The Hall–Kier alpha value is -0.520. The first kappa shape index (κ1) is 38.4. The van der Waals surface area contributed by atoms with E-state index in [1.807, 2.05) is 0 Å². The summed E-state index contributed by atoms with van der Waals surface area (Å²) in [6.07, 6.45) is -9.47. The van der Waals surface area contributed by atoms with Crippen molar-refractivity contribution in [1.82, 2.24) is 0 Å². The summed E-state index contributed by atoms with van der Waals surface area (Å²) >= 11 is 0. The normalized spacial score (nSPS) is 63.3. The average Bonchev–Trinajstić information content (AvgIpc) is 3.56. The molecule has 0 radical (unpaired) electrons. The van der Waals surface area contributed by atoms with Gasteiger partial charge in [0.05, 0.1) is 37.1 Å².